The molecule has 1 aromatic rings. The molecule has 1 aliphatic heterocycles. The number of halogens is 3. The minimum Gasteiger partial charge on any atom is -0.381 e. The topological polar surface area (TPSA) is 35.2 Å². The molecule has 102 valence electrons. The van der Waals surface area contributed by atoms with Gasteiger partial charge in [-0.15, -0.1) is 12.4 Å². The Bertz CT molecular complexity index is 408. The molecule has 1 aromatic carbocycles. The summed E-state index contributed by atoms with van der Waals surface area (Å²) < 4.78 is 32.8. The highest BCUT2D eigenvalue weighted by Gasteiger charge is 2.27. The van der Waals surface area contributed by atoms with Gasteiger partial charge in [0, 0.05) is 24.8 Å². The highest BCUT2D eigenvalue weighted by atomic mass is 35.5. The van der Waals surface area contributed by atoms with Crippen molar-refractivity contribution >= 4 is 12.4 Å². The molecule has 0 aliphatic carbocycles. The Morgan fingerprint density at radius 1 is 1.28 bits per heavy atom. The first-order valence-corrected chi connectivity index (χ1v) is 5.89. The van der Waals surface area contributed by atoms with Crippen molar-refractivity contribution in [3.8, 4) is 0 Å². The van der Waals surface area contributed by atoms with Gasteiger partial charge in [0.05, 0.1) is 0 Å². The maximum Gasteiger partial charge on any atom is 0.133 e. The van der Waals surface area contributed by atoms with Crippen LogP contribution in [0.4, 0.5) is 8.78 Å². The van der Waals surface area contributed by atoms with Crippen LogP contribution in [0.25, 0.3) is 0 Å². The lowest BCUT2D eigenvalue weighted by Gasteiger charge is -2.28. The van der Waals surface area contributed by atoms with Crippen LogP contribution in [-0.4, -0.2) is 13.2 Å². The summed E-state index contributed by atoms with van der Waals surface area (Å²) >= 11 is 0. The molecule has 0 saturated carbocycles. The lowest BCUT2D eigenvalue weighted by atomic mass is 9.86. The first kappa shape index (κ1) is 15.3. The van der Waals surface area contributed by atoms with Crippen LogP contribution in [0.5, 0.6) is 0 Å². The van der Waals surface area contributed by atoms with Crippen molar-refractivity contribution in [2.75, 3.05) is 13.2 Å². The van der Waals surface area contributed by atoms with E-state index in [9.17, 15) is 8.78 Å². The molecule has 1 saturated heterocycles. The van der Waals surface area contributed by atoms with Gasteiger partial charge in [0.1, 0.15) is 11.6 Å². The lowest BCUT2D eigenvalue weighted by molar-refractivity contribution is 0.0575. The second-order valence-corrected chi connectivity index (χ2v) is 4.57. The minimum absolute atomic E-state index is 0. The number of hydrogen-bond donors (Lipinski definition) is 1. The molecule has 0 spiro atoms. The molecular formula is C13H18ClF2NO. The summed E-state index contributed by atoms with van der Waals surface area (Å²) in [5.74, 6) is -0.967. The predicted octanol–water partition coefficient (Wildman–Crippen LogP) is 3.12. The summed E-state index contributed by atoms with van der Waals surface area (Å²) in [4.78, 5) is 0. The summed E-state index contributed by atoms with van der Waals surface area (Å²) in [5.41, 5.74) is 6.46. The molecule has 1 fully saturated rings. The predicted molar refractivity (Wildman–Crippen MR) is 68.8 cm³/mol. The fourth-order valence-electron chi connectivity index (χ4n) is 2.29. The van der Waals surface area contributed by atoms with E-state index in [0.717, 1.165) is 12.8 Å². The van der Waals surface area contributed by atoms with E-state index in [4.69, 9.17) is 10.5 Å². The van der Waals surface area contributed by atoms with E-state index < -0.39 is 17.7 Å². The van der Waals surface area contributed by atoms with Gasteiger partial charge in [-0.05, 0) is 37.3 Å². The average molecular weight is 278 g/mol. The summed E-state index contributed by atoms with van der Waals surface area (Å²) in [7, 11) is 0. The van der Waals surface area contributed by atoms with Gasteiger partial charge >= 0.3 is 0 Å². The molecule has 1 aliphatic rings. The summed E-state index contributed by atoms with van der Waals surface area (Å²) in [5, 5.41) is 0. The number of benzene rings is 1. The molecule has 5 heteroatoms. The summed E-state index contributed by atoms with van der Waals surface area (Å²) in [6, 6.07) is 2.14. The number of rotatable bonds is 2. The molecule has 2 rings (SSSR count). The molecule has 0 bridgehead atoms. The minimum atomic E-state index is -0.584. The highest BCUT2D eigenvalue weighted by Crippen LogP contribution is 2.31. The van der Waals surface area contributed by atoms with Gasteiger partial charge in [0.25, 0.3) is 0 Å². The fourth-order valence-corrected chi connectivity index (χ4v) is 2.29. The molecule has 0 unspecified atom stereocenters. The Hall–Kier alpha value is -0.710. The van der Waals surface area contributed by atoms with Gasteiger partial charge in [-0.3, -0.25) is 0 Å². The molecule has 1 heterocycles. The van der Waals surface area contributed by atoms with E-state index in [1.54, 1.807) is 6.92 Å². The number of ether oxygens (including phenoxy) is 1. The third kappa shape index (κ3) is 2.99. The zero-order chi connectivity index (χ0) is 12.4. The summed E-state index contributed by atoms with van der Waals surface area (Å²) in [6.45, 7) is 2.86. The molecule has 0 aromatic heterocycles. The number of nitrogens with two attached hydrogens (primary N) is 1. The fraction of sp³-hybridized carbons (Fsp3) is 0.538. The molecule has 0 radical (unpaired) electrons. The van der Waals surface area contributed by atoms with Crippen molar-refractivity contribution in [2.24, 2.45) is 11.7 Å². The Morgan fingerprint density at radius 2 is 1.89 bits per heavy atom. The van der Waals surface area contributed by atoms with Crippen molar-refractivity contribution in [2.45, 2.75) is 25.8 Å². The van der Waals surface area contributed by atoms with Crippen LogP contribution in [0.15, 0.2) is 12.1 Å². The number of aryl methyl sites for hydroxylation is 1. The molecule has 0 amide bonds. The first-order chi connectivity index (χ1) is 8.11. The normalized spacial score (nSPS) is 18.2. The van der Waals surface area contributed by atoms with Crippen molar-refractivity contribution in [1.82, 2.24) is 0 Å². The van der Waals surface area contributed by atoms with Crippen LogP contribution < -0.4 is 5.73 Å². The molecular weight excluding hydrogens is 260 g/mol. The maximum absolute atomic E-state index is 13.9. The third-order valence-electron chi connectivity index (χ3n) is 3.43. The van der Waals surface area contributed by atoms with Gasteiger partial charge in [-0.1, -0.05) is 6.07 Å². The van der Waals surface area contributed by atoms with Gasteiger partial charge in [-0.25, -0.2) is 8.78 Å². The Kier molecular flexibility index (Phi) is 5.50. The van der Waals surface area contributed by atoms with Crippen LogP contribution in [0.2, 0.25) is 0 Å². The lowest BCUT2D eigenvalue weighted by Crippen LogP contribution is -2.29. The monoisotopic (exact) mass is 277 g/mol. The smallest absolute Gasteiger partial charge is 0.133 e. The van der Waals surface area contributed by atoms with E-state index in [2.05, 4.69) is 0 Å². The van der Waals surface area contributed by atoms with Crippen molar-refractivity contribution in [3.63, 3.8) is 0 Å². The zero-order valence-electron chi connectivity index (χ0n) is 10.3. The first-order valence-electron chi connectivity index (χ1n) is 5.89. The van der Waals surface area contributed by atoms with Crippen LogP contribution in [0.3, 0.4) is 0 Å². The van der Waals surface area contributed by atoms with Gasteiger partial charge in [-0.2, -0.15) is 0 Å². The van der Waals surface area contributed by atoms with E-state index in [1.165, 1.54) is 12.1 Å². The van der Waals surface area contributed by atoms with Gasteiger partial charge in [0.2, 0.25) is 0 Å². The van der Waals surface area contributed by atoms with Gasteiger partial charge in [0.15, 0.2) is 0 Å². The van der Waals surface area contributed by atoms with Crippen LogP contribution >= 0.6 is 12.4 Å². The van der Waals surface area contributed by atoms with Crippen LogP contribution in [-0.2, 0) is 4.74 Å². The quantitative estimate of drug-likeness (QED) is 0.901. The zero-order valence-corrected chi connectivity index (χ0v) is 11.1. The van der Waals surface area contributed by atoms with Crippen molar-refractivity contribution < 1.29 is 13.5 Å². The Labute approximate surface area is 112 Å². The van der Waals surface area contributed by atoms with E-state index in [-0.39, 0.29) is 23.9 Å². The SMILES string of the molecule is Cc1ccc(F)c([C@@H](N)C2CCOCC2)c1F.Cl. The van der Waals surface area contributed by atoms with Crippen LogP contribution in [0, 0.1) is 24.5 Å². The largest absolute Gasteiger partial charge is 0.381 e. The summed E-state index contributed by atoms with van der Waals surface area (Å²) in [6.07, 6.45) is 1.52. The van der Waals surface area contributed by atoms with E-state index in [1.807, 2.05) is 0 Å². The van der Waals surface area contributed by atoms with E-state index in [0.29, 0.717) is 18.8 Å². The standard InChI is InChI=1S/C13H17F2NO.ClH/c1-8-2-3-10(14)11(12(8)15)13(16)9-4-6-17-7-5-9;/h2-3,9,13H,4-7,16H2,1H3;1H/t13-;/m0./s1. The molecule has 2 nitrogen and oxygen atoms in total. The Morgan fingerprint density at radius 3 is 2.50 bits per heavy atom. The van der Waals surface area contributed by atoms with Crippen molar-refractivity contribution in [3.05, 3.63) is 34.9 Å². The second-order valence-electron chi connectivity index (χ2n) is 4.57. The van der Waals surface area contributed by atoms with Crippen molar-refractivity contribution in [1.29, 1.82) is 0 Å². The number of hydrogen-bond acceptors (Lipinski definition) is 2. The highest BCUT2D eigenvalue weighted by molar-refractivity contribution is 5.85. The Balaban J connectivity index is 0.00000162. The molecule has 18 heavy (non-hydrogen) atoms. The molecule has 2 N–H and O–H groups in total. The van der Waals surface area contributed by atoms with Crippen LogP contribution in [0.1, 0.15) is 30.0 Å². The van der Waals surface area contributed by atoms with Gasteiger partial charge < -0.3 is 10.5 Å². The third-order valence-corrected chi connectivity index (χ3v) is 3.43. The molecule has 1 atom stereocenters. The average Bonchev–Trinajstić information content (AvgIpc) is 2.35. The van der Waals surface area contributed by atoms with E-state index >= 15 is 0 Å². The second kappa shape index (κ2) is 6.45. The maximum atomic E-state index is 13.9.